The highest BCUT2D eigenvalue weighted by Crippen LogP contribution is 2.33. The Labute approximate surface area is 252 Å². The van der Waals surface area contributed by atoms with Gasteiger partial charge in [0.1, 0.15) is 17.6 Å². The van der Waals surface area contributed by atoms with E-state index in [2.05, 4.69) is 4.98 Å². The zero-order valence-corrected chi connectivity index (χ0v) is 24.5. The number of hydrogen-bond donors (Lipinski definition) is 2. The summed E-state index contributed by atoms with van der Waals surface area (Å²) < 4.78 is 56.7. The Balaban J connectivity index is 1.48. The van der Waals surface area contributed by atoms with Gasteiger partial charge in [-0.3, -0.25) is 4.79 Å². The van der Waals surface area contributed by atoms with Crippen LogP contribution in [0.25, 0.3) is 22.6 Å². The van der Waals surface area contributed by atoms with Gasteiger partial charge in [0.2, 0.25) is 5.89 Å². The van der Waals surface area contributed by atoms with Crippen molar-refractivity contribution in [1.82, 2.24) is 4.98 Å². The maximum atomic E-state index is 13.2. The number of hydrogen-bond acceptors (Lipinski definition) is 7. The van der Waals surface area contributed by atoms with Gasteiger partial charge in [-0.05, 0) is 85.8 Å². The molecule has 0 bridgehead atoms. The Bertz CT molecular complexity index is 1630. The number of aryl methyl sites for hydroxylation is 2. The zero-order valence-electron chi connectivity index (χ0n) is 24.5. The number of carbonyl (C=O) groups excluding carboxylic acids is 1. The molecule has 11 heteroatoms. The summed E-state index contributed by atoms with van der Waals surface area (Å²) in [6.45, 7) is 5.38. The van der Waals surface area contributed by atoms with Gasteiger partial charge in [-0.1, -0.05) is 30.3 Å². The van der Waals surface area contributed by atoms with Crippen LogP contribution in [0.3, 0.4) is 0 Å². The van der Waals surface area contributed by atoms with E-state index in [9.17, 15) is 22.8 Å². The summed E-state index contributed by atoms with van der Waals surface area (Å²) >= 11 is 0. The molecule has 232 valence electrons. The Hall–Kier alpha value is -4.64. The number of aromatic nitrogens is 1. The van der Waals surface area contributed by atoms with E-state index in [0.29, 0.717) is 57.3 Å². The summed E-state index contributed by atoms with van der Waals surface area (Å²) in [7, 11) is 0. The monoisotopic (exact) mass is 610 g/mol. The third-order valence-corrected chi connectivity index (χ3v) is 6.80. The summed E-state index contributed by atoms with van der Waals surface area (Å²) in [4.78, 5) is 28.2. The summed E-state index contributed by atoms with van der Waals surface area (Å²) in [5, 5.41) is 9.11. The zero-order chi connectivity index (χ0) is 32.0. The van der Waals surface area contributed by atoms with Gasteiger partial charge < -0.3 is 24.7 Å². The minimum Gasteiger partial charge on any atom is -0.493 e. The molecule has 4 rings (SSSR count). The van der Waals surface area contributed by atoms with Gasteiger partial charge in [-0.15, -0.1) is 0 Å². The fourth-order valence-electron chi connectivity index (χ4n) is 4.61. The SMILES string of the molecule is Cc1oc(-c2cccc(-c3cccc(C(F)(F)F)c3)c2)nc1CCOc1ccc(CCC(=O)O)c(C(N)C(=O)OC(C)C)c1. The molecule has 0 aliphatic heterocycles. The molecule has 1 atom stereocenters. The molecule has 0 aliphatic rings. The molecule has 0 saturated carbocycles. The number of oxazole rings is 1. The minimum atomic E-state index is -4.44. The van der Waals surface area contributed by atoms with Gasteiger partial charge in [-0.2, -0.15) is 13.2 Å². The Kier molecular flexibility index (Phi) is 10.1. The summed E-state index contributed by atoms with van der Waals surface area (Å²) in [5.74, 6) is -0.278. The summed E-state index contributed by atoms with van der Waals surface area (Å²) in [5.41, 5.74) is 8.75. The number of rotatable bonds is 12. The Morgan fingerprint density at radius 2 is 1.66 bits per heavy atom. The summed E-state index contributed by atoms with van der Waals surface area (Å²) in [6.07, 6.45) is -4.38. The largest absolute Gasteiger partial charge is 0.493 e. The predicted octanol–water partition coefficient (Wildman–Crippen LogP) is 6.93. The normalized spacial score (nSPS) is 12.3. The maximum Gasteiger partial charge on any atom is 0.416 e. The molecule has 1 heterocycles. The van der Waals surface area contributed by atoms with E-state index in [0.717, 1.165) is 12.1 Å². The standard InChI is InChI=1S/C33H33F3N2O6/c1-19(2)43-32(41)30(37)27-18-26(12-10-21(27)11-13-29(39)40)42-15-14-28-20(3)44-31(38-28)24-8-4-6-22(16-24)23-7-5-9-25(17-23)33(34,35)36/h4-10,12,16-19,30H,11,13-15,37H2,1-3H3,(H,39,40). The topological polar surface area (TPSA) is 125 Å². The number of carbonyl (C=O) groups is 2. The van der Waals surface area contributed by atoms with E-state index in [1.54, 1.807) is 69.3 Å². The first-order chi connectivity index (χ1) is 20.8. The third kappa shape index (κ3) is 8.25. The van der Waals surface area contributed by atoms with Gasteiger partial charge in [0.15, 0.2) is 0 Å². The number of halogens is 3. The van der Waals surface area contributed by atoms with Crippen molar-refractivity contribution in [1.29, 1.82) is 0 Å². The molecule has 8 nitrogen and oxygen atoms in total. The van der Waals surface area contributed by atoms with E-state index < -0.39 is 29.7 Å². The van der Waals surface area contributed by atoms with E-state index in [1.165, 1.54) is 6.07 Å². The van der Waals surface area contributed by atoms with Crippen LogP contribution in [0.1, 0.15) is 54.5 Å². The fourth-order valence-corrected chi connectivity index (χ4v) is 4.61. The van der Waals surface area contributed by atoms with Crippen LogP contribution in [0.4, 0.5) is 13.2 Å². The molecular weight excluding hydrogens is 577 g/mol. The van der Waals surface area contributed by atoms with Gasteiger partial charge in [0, 0.05) is 18.4 Å². The number of aliphatic carboxylic acids is 1. The molecule has 0 fully saturated rings. The molecule has 0 radical (unpaired) electrons. The molecule has 4 aromatic rings. The van der Waals surface area contributed by atoms with Crippen molar-refractivity contribution in [3.63, 3.8) is 0 Å². The van der Waals surface area contributed by atoms with Crippen LogP contribution in [0, 0.1) is 6.92 Å². The molecule has 3 N–H and O–H groups in total. The molecule has 44 heavy (non-hydrogen) atoms. The van der Waals surface area contributed by atoms with Crippen LogP contribution in [-0.2, 0) is 33.3 Å². The molecule has 0 spiro atoms. The first kappa shape index (κ1) is 32.3. The van der Waals surface area contributed by atoms with Crippen molar-refractivity contribution in [2.45, 2.75) is 58.4 Å². The van der Waals surface area contributed by atoms with Crippen LogP contribution in [0.2, 0.25) is 0 Å². The fraction of sp³-hybridized carbons (Fsp3) is 0.303. The highest BCUT2D eigenvalue weighted by atomic mass is 19.4. The van der Waals surface area contributed by atoms with Crippen LogP contribution in [0.5, 0.6) is 5.75 Å². The number of nitrogens with zero attached hydrogens (tertiary/aromatic N) is 1. The van der Waals surface area contributed by atoms with Crippen molar-refractivity contribution in [2.75, 3.05) is 6.61 Å². The first-order valence-corrected chi connectivity index (χ1v) is 14.0. The van der Waals surface area contributed by atoms with E-state index in [-0.39, 0.29) is 25.6 Å². The van der Waals surface area contributed by atoms with Crippen LogP contribution in [-0.4, -0.2) is 34.7 Å². The molecule has 0 saturated heterocycles. The average molecular weight is 611 g/mol. The maximum absolute atomic E-state index is 13.2. The quantitative estimate of drug-likeness (QED) is 0.166. The number of esters is 1. The number of benzene rings is 3. The molecular formula is C33H33F3N2O6. The second-order valence-corrected chi connectivity index (χ2v) is 10.5. The number of carboxylic acids is 1. The molecule has 3 aromatic carbocycles. The minimum absolute atomic E-state index is 0.129. The highest BCUT2D eigenvalue weighted by molar-refractivity contribution is 5.78. The molecule has 0 amide bonds. The van der Waals surface area contributed by atoms with Crippen LogP contribution < -0.4 is 10.5 Å². The predicted molar refractivity (Wildman–Crippen MR) is 157 cm³/mol. The lowest BCUT2D eigenvalue weighted by atomic mass is 9.97. The van der Waals surface area contributed by atoms with Gasteiger partial charge in [0.25, 0.3) is 0 Å². The number of ether oxygens (including phenoxy) is 2. The molecule has 0 aliphatic carbocycles. The van der Waals surface area contributed by atoms with Gasteiger partial charge in [0.05, 0.1) is 24.0 Å². The van der Waals surface area contributed by atoms with Crippen molar-refractivity contribution < 1.29 is 41.8 Å². The number of nitrogens with two attached hydrogens (primary N) is 1. The smallest absolute Gasteiger partial charge is 0.416 e. The van der Waals surface area contributed by atoms with E-state index in [1.807, 2.05) is 0 Å². The number of carboxylic acid groups (broad SMARTS) is 1. The second kappa shape index (κ2) is 13.8. The third-order valence-electron chi connectivity index (χ3n) is 6.80. The van der Waals surface area contributed by atoms with E-state index in [4.69, 9.17) is 24.7 Å². The molecule has 1 unspecified atom stereocenters. The van der Waals surface area contributed by atoms with Crippen molar-refractivity contribution in [2.24, 2.45) is 5.73 Å². The van der Waals surface area contributed by atoms with E-state index >= 15 is 0 Å². The average Bonchev–Trinajstić information content (AvgIpc) is 3.35. The molecule has 1 aromatic heterocycles. The lowest BCUT2D eigenvalue weighted by Gasteiger charge is -2.18. The Morgan fingerprint density at radius 1 is 0.977 bits per heavy atom. The van der Waals surface area contributed by atoms with Crippen molar-refractivity contribution in [3.05, 3.63) is 94.9 Å². The number of alkyl halides is 3. The highest BCUT2D eigenvalue weighted by Gasteiger charge is 2.30. The second-order valence-electron chi connectivity index (χ2n) is 10.5. The van der Waals surface area contributed by atoms with Crippen LogP contribution >= 0.6 is 0 Å². The Morgan fingerprint density at radius 3 is 2.34 bits per heavy atom. The van der Waals surface area contributed by atoms with Crippen molar-refractivity contribution >= 4 is 11.9 Å². The van der Waals surface area contributed by atoms with Crippen molar-refractivity contribution in [3.8, 4) is 28.3 Å². The van der Waals surface area contributed by atoms with Crippen LogP contribution in [0.15, 0.2) is 71.1 Å². The van der Waals surface area contributed by atoms with Gasteiger partial charge >= 0.3 is 18.1 Å². The first-order valence-electron chi connectivity index (χ1n) is 14.0. The lowest BCUT2D eigenvalue weighted by molar-refractivity contribution is -0.149. The lowest BCUT2D eigenvalue weighted by Crippen LogP contribution is -2.27. The van der Waals surface area contributed by atoms with Gasteiger partial charge in [-0.25, -0.2) is 9.78 Å². The summed E-state index contributed by atoms with van der Waals surface area (Å²) in [6, 6.07) is 15.9.